The minimum absolute atomic E-state index is 0.910. The fraction of sp³-hybridized carbons (Fsp3) is 0.118. The molecule has 176 valence electrons. The quantitative estimate of drug-likeness (QED) is 0.252. The number of fused-ring (bicyclic) bond motifs is 2. The number of hydrogen-bond acceptors (Lipinski definition) is 1. The van der Waals surface area contributed by atoms with Gasteiger partial charge in [0.15, 0.2) is 0 Å². The lowest BCUT2D eigenvalue weighted by molar-refractivity contribution is 0.412. The zero-order valence-electron chi connectivity index (χ0n) is 21.2. The predicted molar refractivity (Wildman–Crippen MR) is 152 cm³/mol. The van der Waals surface area contributed by atoms with Crippen molar-refractivity contribution in [2.24, 2.45) is 0 Å². The molecule has 5 aromatic carbocycles. The Morgan fingerprint density at radius 2 is 1.39 bits per heavy atom. The van der Waals surface area contributed by atoms with Crippen molar-refractivity contribution >= 4 is 21.7 Å². The Hall–Kier alpha value is -4.30. The molecule has 2 nitrogen and oxygen atoms in total. The molecule has 1 heterocycles. The molecule has 0 saturated heterocycles. The molecule has 0 unspecified atom stereocenters. The van der Waals surface area contributed by atoms with Crippen LogP contribution in [0.25, 0.3) is 49.7 Å². The summed E-state index contributed by atoms with van der Waals surface area (Å²) in [5.74, 6) is 0.910. The lowest BCUT2D eigenvalue weighted by Gasteiger charge is -2.21. The molecule has 0 spiro atoms. The molecule has 0 aliphatic carbocycles. The van der Waals surface area contributed by atoms with Gasteiger partial charge in [-0.1, -0.05) is 72.3 Å². The highest BCUT2D eigenvalue weighted by Gasteiger charge is 2.20. The second-order valence-electron chi connectivity index (χ2n) is 9.60. The first-order valence-electron chi connectivity index (χ1n) is 12.4. The van der Waals surface area contributed by atoms with Crippen molar-refractivity contribution < 1.29 is 4.74 Å². The highest BCUT2D eigenvalue weighted by molar-refractivity contribution is 6.01. The van der Waals surface area contributed by atoms with E-state index in [1.165, 1.54) is 60.9 Å². The number of methoxy groups -OCH3 is 1. The van der Waals surface area contributed by atoms with E-state index in [1.54, 1.807) is 7.11 Å². The molecule has 0 atom stereocenters. The van der Waals surface area contributed by atoms with E-state index in [1.807, 2.05) is 0 Å². The van der Waals surface area contributed by atoms with Gasteiger partial charge in [0, 0.05) is 10.8 Å². The van der Waals surface area contributed by atoms with E-state index >= 15 is 0 Å². The Balaban J connectivity index is 1.79. The molecule has 0 fully saturated rings. The van der Waals surface area contributed by atoms with Crippen LogP contribution >= 0.6 is 0 Å². The van der Waals surface area contributed by atoms with Gasteiger partial charge < -0.3 is 9.30 Å². The number of ether oxygens (including phenoxy) is 1. The smallest absolute Gasteiger partial charge is 0.122 e. The minimum Gasteiger partial charge on any atom is -0.496 e. The average molecular weight is 468 g/mol. The van der Waals surface area contributed by atoms with Gasteiger partial charge in [0.2, 0.25) is 0 Å². The van der Waals surface area contributed by atoms with E-state index in [4.69, 9.17) is 4.74 Å². The molecular formula is C34H29NO. The Kier molecular flexibility index (Phi) is 5.38. The van der Waals surface area contributed by atoms with Crippen molar-refractivity contribution in [1.29, 1.82) is 0 Å². The second-order valence-corrected chi connectivity index (χ2v) is 9.60. The van der Waals surface area contributed by atoms with Crippen LogP contribution in [-0.4, -0.2) is 11.7 Å². The summed E-state index contributed by atoms with van der Waals surface area (Å²) in [7, 11) is 1.75. The van der Waals surface area contributed by atoms with Crippen LogP contribution in [0.15, 0.2) is 103 Å². The Labute approximate surface area is 212 Å². The van der Waals surface area contributed by atoms with Gasteiger partial charge in [-0.15, -0.1) is 0 Å². The van der Waals surface area contributed by atoms with Crippen LogP contribution in [0.4, 0.5) is 0 Å². The molecule has 0 bridgehead atoms. The van der Waals surface area contributed by atoms with Gasteiger partial charge in [-0.05, 0) is 90.4 Å². The molecule has 6 rings (SSSR count). The van der Waals surface area contributed by atoms with E-state index in [-0.39, 0.29) is 0 Å². The standard InChI is InChI=1S/C34H29NO/c1-22-11-10-15-26(17-22)32-20-27-14-8-9-16-31(27)35(32)34-24(3)29(25-12-6-5-7-13-25)19-28-21-33(36-4)23(2)18-30(28)34/h5-21H,1-4H3. The van der Waals surface area contributed by atoms with Crippen molar-refractivity contribution in [3.05, 3.63) is 120 Å². The Morgan fingerprint density at radius 1 is 0.639 bits per heavy atom. The summed E-state index contributed by atoms with van der Waals surface area (Å²) >= 11 is 0. The largest absolute Gasteiger partial charge is 0.496 e. The molecule has 6 aromatic rings. The molecule has 0 aliphatic rings. The number of nitrogens with zero attached hydrogens (tertiary/aromatic N) is 1. The summed E-state index contributed by atoms with van der Waals surface area (Å²) in [5, 5.41) is 3.63. The molecule has 0 N–H and O–H groups in total. The van der Waals surface area contributed by atoms with Gasteiger partial charge >= 0.3 is 0 Å². The summed E-state index contributed by atoms with van der Waals surface area (Å²) < 4.78 is 8.19. The van der Waals surface area contributed by atoms with E-state index in [9.17, 15) is 0 Å². The monoisotopic (exact) mass is 467 g/mol. The number of aromatic nitrogens is 1. The molecule has 0 radical (unpaired) electrons. The Bertz CT molecular complexity index is 1740. The third-order valence-electron chi connectivity index (χ3n) is 7.21. The number of aryl methyl sites for hydroxylation is 2. The molecule has 0 amide bonds. The van der Waals surface area contributed by atoms with Crippen LogP contribution in [0.2, 0.25) is 0 Å². The van der Waals surface area contributed by atoms with Gasteiger partial charge in [-0.25, -0.2) is 0 Å². The lowest BCUT2D eigenvalue weighted by Crippen LogP contribution is -2.03. The normalized spacial score (nSPS) is 11.3. The number of rotatable bonds is 4. The number of para-hydroxylation sites is 1. The highest BCUT2D eigenvalue weighted by atomic mass is 16.5. The van der Waals surface area contributed by atoms with Crippen molar-refractivity contribution in [2.75, 3.05) is 7.11 Å². The van der Waals surface area contributed by atoms with E-state index in [0.29, 0.717) is 0 Å². The first-order valence-corrected chi connectivity index (χ1v) is 12.4. The van der Waals surface area contributed by atoms with E-state index in [0.717, 1.165) is 11.3 Å². The summed E-state index contributed by atoms with van der Waals surface area (Å²) in [6.07, 6.45) is 0. The number of hydrogen-bond donors (Lipinski definition) is 0. The zero-order valence-corrected chi connectivity index (χ0v) is 21.2. The van der Waals surface area contributed by atoms with Gasteiger partial charge in [0.25, 0.3) is 0 Å². The van der Waals surface area contributed by atoms with Crippen LogP contribution in [0.1, 0.15) is 16.7 Å². The van der Waals surface area contributed by atoms with E-state index in [2.05, 4.69) is 128 Å². The summed E-state index contributed by atoms with van der Waals surface area (Å²) in [6, 6.07) is 37.2. The van der Waals surface area contributed by atoms with Crippen LogP contribution in [-0.2, 0) is 0 Å². The molecule has 1 aromatic heterocycles. The van der Waals surface area contributed by atoms with Crippen LogP contribution in [0.5, 0.6) is 5.75 Å². The lowest BCUT2D eigenvalue weighted by atomic mass is 9.92. The fourth-order valence-corrected chi connectivity index (χ4v) is 5.46. The minimum atomic E-state index is 0.910. The molecule has 0 saturated carbocycles. The zero-order chi connectivity index (χ0) is 24.8. The first-order chi connectivity index (χ1) is 17.5. The van der Waals surface area contributed by atoms with Gasteiger partial charge in [-0.2, -0.15) is 0 Å². The predicted octanol–water partition coefficient (Wildman–Crippen LogP) is 9.05. The highest BCUT2D eigenvalue weighted by Crippen LogP contribution is 2.41. The summed E-state index contributed by atoms with van der Waals surface area (Å²) in [6.45, 7) is 6.53. The maximum absolute atomic E-state index is 5.73. The fourth-order valence-electron chi connectivity index (χ4n) is 5.46. The van der Waals surface area contributed by atoms with Gasteiger partial charge in [0.1, 0.15) is 5.75 Å². The average Bonchev–Trinajstić information content (AvgIpc) is 3.28. The first kappa shape index (κ1) is 22.2. The maximum atomic E-state index is 5.73. The molecule has 2 heteroatoms. The third-order valence-corrected chi connectivity index (χ3v) is 7.21. The molecule has 0 aliphatic heterocycles. The summed E-state index contributed by atoms with van der Waals surface area (Å²) in [5.41, 5.74) is 10.9. The number of benzene rings is 5. The van der Waals surface area contributed by atoms with Crippen molar-refractivity contribution in [1.82, 2.24) is 4.57 Å². The topological polar surface area (TPSA) is 14.2 Å². The van der Waals surface area contributed by atoms with Crippen molar-refractivity contribution in [3.63, 3.8) is 0 Å². The molecule has 36 heavy (non-hydrogen) atoms. The van der Waals surface area contributed by atoms with Crippen LogP contribution < -0.4 is 4.74 Å². The van der Waals surface area contributed by atoms with Gasteiger partial charge in [-0.3, -0.25) is 0 Å². The van der Waals surface area contributed by atoms with Crippen LogP contribution in [0, 0.1) is 20.8 Å². The van der Waals surface area contributed by atoms with Crippen LogP contribution in [0.3, 0.4) is 0 Å². The maximum Gasteiger partial charge on any atom is 0.122 e. The third kappa shape index (κ3) is 3.58. The molecular weight excluding hydrogens is 438 g/mol. The summed E-state index contributed by atoms with van der Waals surface area (Å²) in [4.78, 5) is 0. The van der Waals surface area contributed by atoms with Gasteiger partial charge in [0.05, 0.1) is 24.0 Å². The Morgan fingerprint density at radius 3 is 2.17 bits per heavy atom. The van der Waals surface area contributed by atoms with E-state index < -0.39 is 0 Å². The second kappa shape index (κ2) is 8.73. The van der Waals surface area contributed by atoms with Crippen molar-refractivity contribution in [3.8, 4) is 33.8 Å². The SMILES string of the molecule is COc1cc2cc(-c3ccccc3)c(C)c(-n3c(-c4cccc(C)c4)cc4ccccc43)c2cc1C. The van der Waals surface area contributed by atoms with Crippen molar-refractivity contribution in [2.45, 2.75) is 20.8 Å².